The maximum Gasteiger partial charge on any atom is 0.251 e. The normalized spacial score (nSPS) is 25.5. The Morgan fingerprint density at radius 2 is 1.96 bits per heavy atom. The van der Waals surface area contributed by atoms with E-state index in [0.29, 0.717) is 23.6 Å². The minimum absolute atomic E-state index is 0.151. The number of hydrogen-bond donors (Lipinski definition) is 1. The van der Waals surface area contributed by atoms with E-state index in [-0.39, 0.29) is 28.8 Å². The highest BCUT2D eigenvalue weighted by Crippen LogP contribution is 2.41. The number of aromatic nitrogens is 1. The molecule has 2 aliphatic rings. The van der Waals surface area contributed by atoms with E-state index in [1.165, 1.54) is 4.31 Å². The molecule has 1 amide bonds. The molecule has 1 saturated carbocycles. The lowest BCUT2D eigenvalue weighted by molar-refractivity contribution is 0.0917. The SMILES string of the molecule is Cc1noc(C)c1S(=O)(=O)N1CC2CC(NC(=O)c3ccccc3)C1C2. The van der Waals surface area contributed by atoms with E-state index >= 15 is 0 Å². The van der Waals surface area contributed by atoms with Crippen molar-refractivity contribution in [2.24, 2.45) is 5.92 Å². The van der Waals surface area contributed by atoms with Gasteiger partial charge in [0.2, 0.25) is 10.0 Å². The summed E-state index contributed by atoms with van der Waals surface area (Å²) < 4.78 is 32.8. The highest BCUT2D eigenvalue weighted by molar-refractivity contribution is 7.89. The first-order valence-electron chi connectivity index (χ1n) is 8.68. The van der Waals surface area contributed by atoms with Gasteiger partial charge in [0.1, 0.15) is 10.6 Å². The van der Waals surface area contributed by atoms with Crippen molar-refractivity contribution < 1.29 is 17.7 Å². The number of nitrogens with zero attached hydrogens (tertiary/aromatic N) is 2. The summed E-state index contributed by atoms with van der Waals surface area (Å²) in [5.74, 6) is 0.393. The fraction of sp³-hybridized carbons (Fsp3) is 0.444. The number of sulfonamides is 1. The Hall–Kier alpha value is -2.19. The van der Waals surface area contributed by atoms with Crippen LogP contribution in [0.3, 0.4) is 0 Å². The monoisotopic (exact) mass is 375 g/mol. The van der Waals surface area contributed by atoms with E-state index < -0.39 is 10.0 Å². The molecule has 7 nitrogen and oxygen atoms in total. The van der Waals surface area contributed by atoms with Crippen molar-refractivity contribution in [3.8, 4) is 0 Å². The summed E-state index contributed by atoms with van der Waals surface area (Å²) >= 11 is 0. The number of rotatable bonds is 4. The summed E-state index contributed by atoms with van der Waals surface area (Å²) in [4.78, 5) is 12.6. The van der Waals surface area contributed by atoms with Crippen LogP contribution in [0.25, 0.3) is 0 Å². The molecule has 1 aliphatic carbocycles. The zero-order chi connectivity index (χ0) is 18.5. The van der Waals surface area contributed by atoms with Gasteiger partial charge >= 0.3 is 0 Å². The third-order valence-corrected chi connectivity index (χ3v) is 7.46. The molecule has 0 spiro atoms. The quantitative estimate of drug-likeness (QED) is 0.881. The zero-order valence-electron chi connectivity index (χ0n) is 14.7. The molecule has 3 unspecified atom stereocenters. The van der Waals surface area contributed by atoms with Gasteiger partial charge in [-0.25, -0.2) is 8.42 Å². The third-order valence-electron chi connectivity index (χ3n) is 5.32. The minimum atomic E-state index is -3.70. The maximum atomic E-state index is 13.1. The predicted octanol–water partition coefficient (Wildman–Crippen LogP) is 1.87. The number of piperidine rings is 1. The van der Waals surface area contributed by atoms with Gasteiger partial charge in [-0.05, 0) is 44.7 Å². The molecule has 1 aromatic carbocycles. The predicted molar refractivity (Wildman–Crippen MR) is 94.1 cm³/mol. The summed E-state index contributed by atoms with van der Waals surface area (Å²) in [5.41, 5.74) is 0.950. The van der Waals surface area contributed by atoms with E-state index in [1.54, 1.807) is 26.0 Å². The molecule has 26 heavy (non-hydrogen) atoms. The van der Waals surface area contributed by atoms with Gasteiger partial charge in [-0.3, -0.25) is 4.79 Å². The zero-order valence-corrected chi connectivity index (χ0v) is 15.5. The van der Waals surface area contributed by atoms with Gasteiger partial charge in [-0.2, -0.15) is 4.31 Å². The number of aryl methyl sites for hydroxylation is 2. The second-order valence-corrected chi connectivity index (χ2v) is 8.91. The van der Waals surface area contributed by atoms with Crippen LogP contribution in [0.1, 0.15) is 34.7 Å². The molecule has 8 heteroatoms. The van der Waals surface area contributed by atoms with Crippen LogP contribution in [0, 0.1) is 19.8 Å². The lowest BCUT2D eigenvalue weighted by Gasteiger charge is -2.32. The van der Waals surface area contributed by atoms with Crippen molar-refractivity contribution in [3.05, 3.63) is 47.3 Å². The van der Waals surface area contributed by atoms with Crippen LogP contribution in [0.4, 0.5) is 0 Å². The van der Waals surface area contributed by atoms with Crippen molar-refractivity contribution in [3.63, 3.8) is 0 Å². The van der Waals surface area contributed by atoms with Crippen LogP contribution < -0.4 is 5.32 Å². The Bertz CT molecular complexity index is 919. The second kappa shape index (κ2) is 6.21. The van der Waals surface area contributed by atoms with Crippen molar-refractivity contribution in [2.75, 3.05) is 6.54 Å². The summed E-state index contributed by atoms with van der Waals surface area (Å²) in [5, 5.41) is 6.79. The highest BCUT2D eigenvalue weighted by atomic mass is 32.2. The summed E-state index contributed by atoms with van der Waals surface area (Å²) in [6.45, 7) is 3.72. The molecule has 138 valence electrons. The fourth-order valence-electron chi connectivity index (χ4n) is 4.21. The van der Waals surface area contributed by atoms with Crippen LogP contribution in [-0.2, 0) is 10.0 Å². The number of amides is 1. The van der Waals surface area contributed by atoms with E-state index in [4.69, 9.17) is 4.52 Å². The third kappa shape index (κ3) is 2.73. The summed E-state index contributed by atoms with van der Waals surface area (Å²) in [6, 6.07) is 8.56. The number of fused-ring (bicyclic) bond motifs is 2. The van der Waals surface area contributed by atoms with Crippen molar-refractivity contribution in [1.82, 2.24) is 14.8 Å². The lowest BCUT2D eigenvalue weighted by Crippen LogP contribution is -2.51. The Morgan fingerprint density at radius 1 is 1.23 bits per heavy atom. The molecule has 0 radical (unpaired) electrons. The van der Waals surface area contributed by atoms with Gasteiger partial charge in [-0.15, -0.1) is 0 Å². The molecule has 2 fully saturated rings. The Labute approximate surface area is 152 Å². The van der Waals surface area contributed by atoms with Crippen molar-refractivity contribution in [2.45, 2.75) is 43.7 Å². The van der Waals surface area contributed by atoms with Crippen LogP contribution in [0.2, 0.25) is 0 Å². The topological polar surface area (TPSA) is 92.5 Å². The number of nitrogens with one attached hydrogen (secondary N) is 1. The first kappa shape index (κ1) is 17.2. The summed E-state index contributed by atoms with van der Waals surface area (Å²) in [6.07, 6.45) is 1.57. The van der Waals surface area contributed by atoms with Gasteiger partial charge in [0.25, 0.3) is 5.91 Å². The Kier molecular flexibility index (Phi) is 4.11. The maximum absolute atomic E-state index is 13.1. The molecule has 1 aromatic heterocycles. The number of benzene rings is 1. The molecule has 2 heterocycles. The molecular formula is C18H21N3O4S. The standard InChI is InChI=1S/C18H21N3O4S/c1-11-17(12(2)25-20-11)26(23,24)21-10-13-8-15(16(21)9-13)19-18(22)14-6-4-3-5-7-14/h3-7,13,15-16H,8-10H2,1-2H3,(H,19,22). The van der Waals surface area contributed by atoms with Gasteiger partial charge < -0.3 is 9.84 Å². The van der Waals surface area contributed by atoms with Gasteiger partial charge in [-0.1, -0.05) is 23.4 Å². The lowest BCUT2D eigenvalue weighted by atomic mass is 10.1. The van der Waals surface area contributed by atoms with E-state index in [2.05, 4.69) is 10.5 Å². The Morgan fingerprint density at radius 3 is 2.58 bits per heavy atom. The minimum Gasteiger partial charge on any atom is -0.360 e. The first-order chi connectivity index (χ1) is 12.4. The molecule has 1 N–H and O–H groups in total. The molecule has 4 rings (SSSR count). The molecule has 1 saturated heterocycles. The first-order valence-corrected chi connectivity index (χ1v) is 10.1. The molecule has 2 aromatic rings. The van der Waals surface area contributed by atoms with Crippen LogP contribution in [0.5, 0.6) is 0 Å². The van der Waals surface area contributed by atoms with E-state index in [9.17, 15) is 13.2 Å². The van der Waals surface area contributed by atoms with E-state index in [1.807, 2.05) is 18.2 Å². The van der Waals surface area contributed by atoms with Crippen LogP contribution in [0.15, 0.2) is 39.8 Å². The Balaban J connectivity index is 1.57. The smallest absolute Gasteiger partial charge is 0.251 e. The van der Waals surface area contributed by atoms with Gasteiger partial charge in [0.15, 0.2) is 5.76 Å². The molecule has 3 atom stereocenters. The van der Waals surface area contributed by atoms with Crippen LogP contribution >= 0.6 is 0 Å². The molecule has 1 aliphatic heterocycles. The number of carbonyl (C=O) groups is 1. The van der Waals surface area contributed by atoms with Crippen molar-refractivity contribution in [1.29, 1.82) is 0 Å². The molecule has 2 bridgehead atoms. The fourth-order valence-corrected chi connectivity index (χ4v) is 6.25. The number of hydrogen-bond acceptors (Lipinski definition) is 5. The van der Waals surface area contributed by atoms with E-state index in [0.717, 1.165) is 12.8 Å². The number of carbonyl (C=O) groups excluding carboxylic acids is 1. The second-order valence-electron chi connectivity index (χ2n) is 7.08. The van der Waals surface area contributed by atoms with Gasteiger partial charge in [0.05, 0.1) is 0 Å². The van der Waals surface area contributed by atoms with Crippen molar-refractivity contribution >= 4 is 15.9 Å². The average Bonchev–Trinajstić information content (AvgIpc) is 3.30. The average molecular weight is 375 g/mol. The van der Waals surface area contributed by atoms with Crippen LogP contribution in [-0.4, -0.2) is 42.4 Å². The molecular weight excluding hydrogens is 354 g/mol. The van der Waals surface area contributed by atoms with Gasteiger partial charge in [0, 0.05) is 24.2 Å². The largest absolute Gasteiger partial charge is 0.360 e. The summed E-state index contributed by atoms with van der Waals surface area (Å²) in [7, 11) is -3.70. The highest BCUT2D eigenvalue weighted by Gasteiger charge is 2.51.